The van der Waals surface area contributed by atoms with Crippen LogP contribution in [0.5, 0.6) is 0 Å². The Kier molecular flexibility index (Phi) is 2.39. The molecule has 0 atom stereocenters. The molecule has 0 aromatic heterocycles. The van der Waals surface area contributed by atoms with Crippen molar-refractivity contribution in [1.29, 1.82) is 0 Å². The van der Waals surface area contributed by atoms with E-state index < -0.39 is 0 Å². The molecule has 0 fully saturated rings. The van der Waals surface area contributed by atoms with Crippen LogP contribution in [0.1, 0.15) is 12.5 Å². The number of benzene rings is 2. The van der Waals surface area contributed by atoms with Gasteiger partial charge in [-0.3, -0.25) is 0 Å². The molecule has 0 N–H and O–H groups in total. The third-order valence-corrected chi connectivity index (χ3v) is 2.01. The van der Waals surface area contributed by atoms with Crippen molar-refractivity contribution >= 4 is 12.2 Å². The summed E-state index contributed by atoms with van der Waals surface area (Å²) in [6.45, 7) is 0. The average molecular weight is 181 g/mol. The first-order valence-electron chi connectivity index (χ1n) is 5.14. The molecule has 0 radical (unpaired) electrons. The fourth-order valence-corrected chi connectivity index (χ4v) is 1.27. The molecule has 2 aromatic rings. The molecule has 0 aliphatic carbocycles. The smallest absolute Gasteiger partial charge is 0.0622 e. The van der Waals surface area contributed by atoms with Gasteiger partial charge in [-0.2, -0.15) is 0 Å². The van der Waals surface area contributed by atoms with Gasteiger partial charge in [-0.25, -0.2) is 0 Å². The maximum absolute atomic E-state index is 7.36. The van der Waals surface area contributed by atoms with Crippen LogP contribution in [0.4, 0.5) is 0 Å². The second kappa shape index (κ2) is 4.43. The summed E-state index contributed by atoms with van der Waals surface area (Å²) in [5.74, 6) is 0. The van der Waals surface area contributed by atoms with Crippen molar-refractivity contribution < 1.29 is 1.37 Å². The van der Waals surface area contributed by atoms with Crippen LogP contribution in [0, 0.1) is 0 Å². The molecule has 14 heavy (non-hydrogen) atoms. The maximum Gasteiger partial charge on any atom is 0.0623 e. The highest BCUT2D eigenvalue weighted by Crippen LogP contribution is 2.06. The lowest BCUT2D eigenvalue weighted by molar-refractivity contribution is 1.65. The fourth-order valence-electron chi connectivity index (χ4n) is 1.27. The lowest BCUT2D eigenvalue weighted by Gasteiger charge is -1.92. The van der Waals surface area contributed by atoms with Crippen LogP contribution in [0.15, 0.2) is 60.6 Å². The van der Waals surface area contributed by atoms with Crippen LogP contribution < -0.4 is 0 Å². The quantitative estimate of drug-likeness (QED) is 0.617. The van der Waals surface area contributed by atoms with Gasteiger partial charge in [0.15, 0.2) is 0 Å². The van der Waals surface area contributed by atoms with Crippen molar-refractivity contribution in [2.24, 2.45) is 0 Å². The molecule has 0 amide bonds. The summed E-state index contributed by atoms with van der Waals surface area (Å²) in [4.78, 5) is 0. The van der Waals surface area contributed by atoms with E-state index in [1.807, 2.05) is 30.3 Å². The Morgan fingerprint density at radius 3 is 1.79 bits per heavy atom. The summed E-state index contributed by atoms with van der Waals surface area (Å²) >= 11 is 0. The first-order valence-corrected chi connectivity index (χ1v) is 4.64. The van der Waals surface area contributed by atoms with Crippen molar-refractivity contribution in [1.82, 2.24) is 0 Å². The second-order valence-electron chi connectivity index (χ2n) is 3.08. The molecule has 2 rings (SSSR count). The Bertz CT molecular complexity index is 441. The lowest BCUT2D eigenvalue weighted by atomic mass is 10.1. The molecule has 0 heteroatoms. The van der Waals surface area contributed by atoms with Crippen molar-refractivity contribution in [2.45, 2.75) is 0 Å². The highest BCUT2D eigenvalue weighted by Gasteiger charge is 1.84. The van der Waals surface area contributed by atoms with Crippen LogP contribution in [0.3, 0.4) is 0 Å². The Labute approximate surface area is 85.9 Å². The summed E-state index contributed by atoms with van der Waals surface area (Å²) in [5.41, 5.74) is 2.31. The molecular formula is C14H12. The van der Waals surface area contributed by atoms with E-state index in [9.17, 15) is 0 Å². The van der Waals surface area contributed by atoms with Crippen LogP contribution in [0.25, 0.3) is 12.2 Å². The summed E-state index contributed by atoms with van der Waals surface area (Å²) < 4.78 is 7.36. The summed E-state index contributed by atoms with van der Waals surface area (Å²) in [7, 11) is 0. The van der Waals surface area contributed by atoms with Crippen LogP contribution >= 0.6 is 0 Å². The molecule has 0 nitrogen and oxygen atoms in total. The zero-order valence-corrected chi connectivity index (χ0v) is 7.85. The van der Waals surface area contributed by atoms with Gasteiger partial charge in [0.1, 0.15) is 0 Å². The molecule has 0 saturated carbocycles. The van der Waals surface area contributed by atoms with E-state index in [2.05, 4.69) is 24.3 Å². The van der Waals surface area contributed by atoms with Gasteiger partial charge in [0, 0.05) is 0 Å². The minimum Gasteiger partial charge on any atom is -0.0622 e. The van der Waals surface area contributed by atoms with E-state index in [4.69, 9.17) is 1.37 Å². The number of hydrogen-bond donors (Lipinski definition) is 0. The maximum atomic E-state index is 7.36. The van der Waals surface area contributed by atoms with E-state index in [0.29, 0.717) is 6.04 Å². The van der Waals surface area contributed by atoms with Gasteiger partial charge in [-0.1, -0.05) is 72.8 Å². The SMILES string of the molecule is [2H]c1ccc(/C=C/c2ccccc2)cc1. The van der Waals surface area contributed by atoms with Gasteiger partial charge in [0.2, 0.25) is 0 Å². The average Bonchev–Trinajstić information content (AvgIpc) is 2.30. The van der Waals surface area contributed by atoms with Crippen molar-refractivity contribution in [2.75, 3.05) is 0 Å². The highest BCUT2D eigenvalue weighted by molar-refractivity contribution is 5.69. The molecule has 0 spiro atoms. The normalized spacial score (nSPS) is 11.6. The Morgan fingerprint density at radius 2 is 1.21 bits per heavy atom. The molecular weight excluding hydrogens is 168 g/mol. The standard InChI is InChI=1S/C14H12/c1-3-7-13(8-4-1)11-12-14-9-5-2-6-10-14/h1-12H/b12-11+/i1D. The number of hydrogen-bond acceptors (Lipinski definition) is 0. The predicted octanol–water partition coefficient (Wildman–Crippen LogP) is 3.86. The Balaban J connectivity index is 2.15. The zero-order chi connectivity index (χ0) is 10.5. The van der Waals surface area contributed by atoms with Crippen molar-refractivity contribution in [3.8, 4) is 0 Å². The van der Waals surface area contributed by atoms with Crippen LogP contribution in [-0.4, -0.2) is 0 Å². The Hall–Kier alpha value is -1.82. The van der Waals surface area contributed by atoms with Gasteiger partial charge < -0.3 is 0 Å². The summed E-state index contributed by atoms with van der Waals surface area (Å²) in [6.07, 6.45) is 4.12. The van der Waals surface area contributed by atoms with Crippen molar-refractivity contribution in [3.63, 3.8) is 0 Å². The fraction of sp³-hybridized carbons (Fsp3) is 0. The van der Waals surface area contributed by atoms with Gasteiger partial charge in [0.05, 0.1) is 1.37 Å². The third-order valence-electron chi connectivity index (χ3n) is 2.01. The van der Waals surface area contributed by atoms with E-state index in [1.54, 1.807) is 12.1 Å². The van der Waals surface area contributed by atoms with Crippen LogP contribution in [0.2, 0.25) is 0 Å². The van der Waals surface area contributed by atoms with Crippen molar-refractivity contribution in [3.05, 3.63) is 71.8 Å². The van der Waals surface area contributed by atoms with E-state index in [1.165, 1.54) is 5.56 Å². The van der Waals surface area contributed by atoms with Gasteiger partial charge in [-0.15, -0.1) is 0 Å². The largest absolute Gasteiger partial charge is 0.0623 e. The van der Waals surface area contributed by atoms with E-state index in [0.717, 1.165) is 5.56 Å². The first-order chi connectivity index (χ1) is 7.34. The molecule has 0 aliphatic rings. The second-order valence-corrected chi connectivity index (χ2v) is 3.08. The van der Waals surface area contributed by atoms with Gasteiger partial charge in [0.25, 0.3) is 0 Å². The van der Waals surface area contributed by atoms with E-state index in [-0.39, 0.29) is 0 Å². The van der Waals surface area contributed by atoms with Gasteiger partial charge in [-0.05, 0) is 11.1 Å². The monoisotopic (exact) mass is 181 g/mol. The molecule has 0 unspecified atom stereocenters. The van der Waals surface area contributed by atoms with Gasteiger partial charge >= 0.3 is 0 Å². The molecule has 0 heterocycles. The minimum absolute atomic E-state index is 0.548. The molecule has 0 aliphatic heterocycles. The van der Waals surface area contributed by atoms with E-state index >= 15 is 0 Å². The molecule has 2 aromatic carbocycles. The lowest BCUT2D eigenvalue weighted by Crippen LogP contribution is -1.70. The zero-order valence-electron chi connectivity index (χ0n) is 8.85. The third kappa shape index (κ3) is 2.33. The minimum atomic E-state index is 0.548. The Morgan fingerprint density at radius 1 is 0.714 bits per heavy atom. The summed E-state index contributed by atoms with van der Waals surface area (Å²) in [5, 5.41) is 0. The number of rotatable bonds is 2. The summed E-state index contributed by atoms with van der Waals surface area (Å²) in [6, 6.07) is 18.2. The predicted molar refractivity (Wildman–Crippen MR) is 61.8 cm³/mol. The molecule has 68 valence electrons. The van der Waals surface area contributed by atoms with Crippen LogP contribution in [-0.2, 0) is 0 Å². The topological polar surface area (TPSA) is 0 Å². The highest BCUT2D eigenvalue weighted by atomic mass is 13.9. The molecule has 0 saturated heterocycles. The first kappa shape index (κ1) is 7.57. The molecule has 0 bridgehead atoms.